The molecule has 1 atom stereocenters. The number of nitrogens with zero attached hydrogens (tertiary/aromatic N) is 2. The minimum Gasteiger partial charge on any atom is -0.481 e. The maximum atomic E-state index is 14.9. The highest BCUT2D eigenvalue weighted by Gasteiger charge is 2.29. The van der Waals surface area contributed by atoms with Crippen molar-refractivity contribution in [3.05, 3.63) is 101 Å². The molecule has 0 saturated carbocycles. The van der Waals surface area contributed by atoms with Crippen LogP contribution in [0.2, 0.25) is 0 Å². The molecule has 4 rings (SSSR count). The molecule has 1 fully saturated rings. The molecule has 38 heavy (non-hydrogen) atoms. The van der Waals surface area contributed by atoms with Gasteiger partial charge in [0.05, 0.1) is 5.56 Å². The third-order valence-corrected chi connectivity index (χ3v) is 6.74. The van der Waals surface area contributed by atoms with E-state index in [0.717, 1.165) is 11.1 Å². The molecule has 1 aliphatic rings. The molecule has 8 heteroatoms. The summed E-state index contributed by atoms with van der Waals surface area (Å²) in [5, 5.41) is 0. The number of carbonyl (C=O) groups is 3. The number of primary amides is 1. The number of benzene rings is 3. The number of carbonyl (C=O) groups excluding carboxylic acids is 3. The van der Waals surface area contributed by atoms with E-state index in [1.807, 2.05) is 30.3 Å². The maximum Gasteiger partial charge on any atom is 0.263 e. The molecule has 0 spiro atoms. The zero-order valence-corrected chi connectivity index (χ0v) is 21.4. The van der Waals surface area contributed by atoms with Crippen LogP contribution in [0.25, 0.3) is 0 Å². The van der Waals surface area contributed by atoms with E-state index < -0.39 is 17.8 Å². The number of para-hydroxylation sites is 1. The van der Waals surface area contributed by atoms with Crippen LogP contribution in [0.15, 0.2) is 72.8 Å². The van der Waals surface area contributed by atoms with Gasteiger partial charge in [0.25, 0.3) is 11.8 Å². The van der Waals surface area contributed by atoms with Crippen molar-refractivity contribution in [1.29, 1.82) is 0 Å². The predicted octanol–water partition coefficient (Wildman–Crippen LogP) is 3.85. The molecule has 1 heterocycles. The van der Waals surface area contributed by atoms with Gasteiger partial charge in [-0.2, -0.15) is 0 Å². The van der Waals surface area contributed by atoms with Gasteiger partial charge in [-0.3, -0.25) is 14.4 Å². The highest BCUT2D eigenvalue weighted by Crippen LogP contribution is 2.18. The van der Waals surface area contributed by atoms with E-state index in [2.05, 4.69) is 0 Å². The fraction of sp³-hybridized carbons (Fsp3) is 0.300. The summed E-state index contributed by atoms with van der Waals surface area (Å²) in [7, 11) is 0. The van der Waals surface area contributed by atoms with Crippen LogP contribution in [-0.2, 0) is 17.6 Å². The molecule has 3 aromatic carbocycles. The summed E-state index contributed by atoms with van der Waals surface area (Å²) in [4.78, 5) is 40.6. The average Bonchev–Trinajstić information content (AvgIpc) is 2.93. The van der Waals surface area contributed by atoms with Gasteiger partial charge in [-0.1, -0.05) is 42.5 Å². The monoisotopic (exact) mass is 517 g/mol. The van der Waals surface area contributed by atoms with Crippen LogP contribution < -0.4 is 10.5 Å². The Morgan fingerprint density at radius 1 is 0.868 bits per heavy atom. The Balaban J connectivity index is 1.28. The minimum absolute atomic E-state index is 0.0216. The first-order valence-electron chi connectivity index (χ1n) is 12.8. The van der Waals surface area contributed by atoms with E-state index in [-0.39, 0.29) is 17.4 Å². The molecule has 0 aliphatic carbocycles. The molecule has 0 bridgehead atoms. The van der Waals surface area contributed by atoms with Crippen LogP contribution in [0.4, 0.5) is 4.39 Å². The second-order valence-corrected chi connectivity index (χ2v) is 9.38. The highest BCUT2D eigenvalue weighted by atomic mass is 19.1. The van der Waals surface area contributed by atoms with E-state index >= 15 is 0 Å². The van der Waals surface area contributed by atoms with Crippen molar-refractivity contribution in [2.45, 2.75) is 32.3 Å². The van der Waals surface area contributed by atoms with Gasteiger partial charge >= 0.3 is 0 Å². The predicted molar refractivity (Wildman–Crippen MR) is 142 cm³/mol. The molecule has 198 valence electrons. The second-order valence-electron chi connectivity index (χ2n) is 9.38. The van der Waals surface area contributed by atoms with Crippen molar-refractivity contribution < 1.29 is 23.5 Å². The summed E-state index contributed by atoms with van der Waals surface area (Å²) in [6, 6.07) is 21.0. The maximum absolute atomic E-state index is 14.9. The standard InChI is InChI=1S/C30H32FN3O4/c1-21(38-24-11-3-2-4-12-24)29(36)33-16-18-34(19-17-33)30(37)26-15-14-22(20-27(26)31)8-7-10-23-9-5-6-13-25(23)28(32)35/h2-6,9,11-15,20-21H,7-8,10,16-19H2,1H3,(H2,32,35). The van der Waals surface area contributed by atoms with E-state index in [9.17, 15) is 18.8 Å². The molecule has 7 nitrogen and oxygen atoms in total. The topological polar surface area (TPSA) is 92.9 Å². The van der Waals surface area contributed by atoms with Gasteiger partial charge in [-0.05, 0) is 67.6 Å². The van der Waals surface area contributed by atoms with Crippen molar-refractivity contribution in [2.75, 3.05) is 26.2 Å². The molecular weight excluding hydrogens is 485 g/mol. The van der Waals surface area contributed by atoms with Crippen LogP contribution in [0.3, 0.4) is 0 Å². The lowest BCUT2D eigenvalue weighted by molar-refractivity contribution is -0.139. The first-order chi connectivity index (χ1) is 18.3. The van der Waals surface area contributed by atoms with Crippen molar-refractivity contribution in [2.24, 2.45) is 5.73 Å². The molecular formula is C30H32FN3O4. The average molecular weight is 518 g/mol. The molecule has 3 aromatic rings. The van der Waals surface area contributed by atoms with E-state index in [1.165, 1.54) is 12.1 Å². The SMILES string of the molecule is CC(Oc1ccccc1)C(=O)N1CCN(C(=O)c2ccc(CCCc3ccccc3C(N)=O)cc2F)CC1. The van der Waals surface area contributed by atoms with Crippen molar-refractivity contribution in [3.63, 3.8) is 0 Å². The number of amides is 3. The largest absolute Gasteiger partial charge is 0.481 e. The lowest BCUT2D eigenvalue weighted by Gasteiger charge is -2.36. The Labute approximate surface area is 222 Å². The first-order valence-corrected chi connectivity index (χ1v) is 12.8. The summed E-state index contributed by atoms with van der Waals surface area (Å²) < 4.78 is 20.6. The van der Waals surface area contributed by atoms with Crippen LogP contribution in [0, 0.1) is 5.82 Å². The van der Waals surface area contributed by atoms with Gasteiger partial charge in [0.2, 0.25) is 5.91 Å². The van der Waals surface area contributed by atoms with Crippen LogP contribution in [0.1, 0.15) is 45.2 Å². The Morgan fingerprint density at radius 3 is 2.21 bits per heavy atom. The molecule has 3 amide bonds. The van der Waals surface area contributed by atoms with Gasteiger partial charge in [0, 0.05) is 31.7 Å². The smallest absolute Gasteiger partial charge is 0.263 e. The number of aryl methyl sites for hydroxylation is 2. The number of piperazine rings is 1. The van der Waals surface area contributed by atoms with E-state index in [0.29, 0.717) is 56.8 Å². The fourth-order valence-corrected chi connectivity index (χ4v) is 4.66. The van der Waals surface area contributed by atoms with Gasteiger partial charge in [0.15, 0.2) is 6.10 Å². The number of rotatable bonds is 9. The van der Waals surface area contributed by atoms with Crippen LogP contribution >= 0.6 is 0 Å². The van der Waals surface area contributed by atoms with Crippen molar-refractivity contribution in [1.82, 2.24) is 9.80 Å². The number of halogens is 1. The van der Waals surface area contributed by atoms with Gasteiger partial charge < -0.3 is 20.3 Å². The van der Waals surface area contributed by atoms with Gasteiger partial charge in [-0.25, -0.2) is 4.39 Å². The van der Waals surface area contributed by atoms with Crippen LogP contribution in [0.5, 0.6) is 5.75 Å². The summed E-state index contributed by atoms with van der Waals surface area (Å²) in [5.41, 5.74) is 7.60. The Kier molecular flexibility index (Phi) is 8.73. The first kappa shape index (κ1) is 26.9. The van der Waals surface area contributed by atoms with Crippen molar-refractivity contribution >= 4 is 17.7 Å². The zero-order valence-electron chi connectivity index (χ0n) is 21.4. The number of nitrogens with two attached hydrogens (primary N) is 1. The Hall–Kier alpha value is -4.20. The minimum atomic E-state index is -0.645. The Morgan fingerprint density at radius 2 is 1.53 bits per heavy atom. The molecule has 1 aliphatic heterocycles. The molecule has 1 unspecified atom stereocenters. The fourth-order valence-electron chi connectivity index (χ4n) is 4.66. The lowest BCUT2D eigenvalue weighted by Crippen LogP contribution is -2.53. The summed E-state index contributed by atoms with van der Waals surface area (Å²) in [6.07, 6.45) is 1.30. The van der Waals surface area contributed by atoms with Crippen molar-refractivity contribution in [3.8, 4) is 5.75 Å². The number of ether oxygens (including phenoxy) is 1. The Bertz CT molecular complexity index is 1290. The summed E-state index contributed by atoms with van der Waals surface area (Å²) >= 11 is 0. The normalized spacial score (nSPS) is 14.2. The van der Waals surface area contributed by atoms with E-state index in [4.69, 9.17) is 10.5 Å². The number of hydrogen-bond acceptors (Lipinski definition) is 4. The van der Waals surface area contributed by atoms with Gasteiger partial charge in [-0.15, -0.1) is 0 Å². The van der Waals surface area contributed by atoms with E-state index in [1.54, 1.807) is 47.1 Å². The zero-order chi connectivity index (χ0) is 27.1. The second kappa shape index (κ2) is 12.4. The summed E-state index contributed by atoms with van der Waals surface area (Å²) in [6.45, 7) is 3.07. The third-order valence-electron chi connectivity index (χ3n) is 6.74. The highest BCUT2D eigenvalue weighted by molar-refractivity contribution is 5.95. The van der Waals surface area contributed by atoms with Gasteiger partial charge in [0.1, 0.15) is 11.6 Å². The number of hydrogen-bond donors (Lipinski definition) is 1. The quantitative estimate of drug-likeness (QED) is 0.467. The molecule has 0 radical (unpaired) electrons. The lowest BCUT2D eigenvalue weighted by atomic mass is 9.99. The molecule has 2 N–H and O–H groups in total. The molecule has 1 saturated heterocycles. The summed E-state index contributed by atoms with van der Waals surface area (Å²) in [5.74, 6) is -0.931. The molecule has 0 aromatic heterocycles. The third kappa shape index (κ3) is 6.56. The van der Waals surface area contributed by atoms with Crippen LogP contribution in [-0.4, -0.2) is 59.8 Å².